The van der Waals surface area contributed by atoms with Gasteiger partial charge in [-0.15, -0.1) is 0 Å². The van der Waals surface area contributed by atoms with E-state index in [0.717, 1.165) is 5.92 Å². The summed E-state index contributed by atoms with van der Waals surface area (Å²) in [6.07, 6.45) is 10.9. The van der Waals surface area contributed by atoms with Crippen LogP contribution in [0.5, 0.6) is 0 Å². The van der Waals surface area contributed by atoms with E-state index in [1.807, 2.05) is 6.20 Å². The molecule has 2 nitrogen and oxygen atoms in total. The van der Waals surface area contributed by atoms with Crippen LogP contribution in [-0.4, -0.2) is 11.0 Å². The molecule has 104 valence electrons. The molecule has 1 aromatic heterocycles. The van der Waals surface area contributed by atoms with Crippen LogP contribution >= 0.6 is 0 Å². The van der Waals surface area contributed by atoms with Crippen LogP contribution < -0.4 is 5.73 Å². The van der Waals surface area contributed by atoms with Gasteiger partial charge in [0.15, 0.2) is 0 Å². The third-order valence-electron chi connectivity index (χ3n) is 5.40. The monoisotopic (exact) mass is 258 g/mol. The van der Waals surface area contributed by atoms with Gasteiger partial charge in [-0.3, -0.25) is 4.98 Å². The summed E-state index contributed by atoms with van der Waals surface area (Å²) in [6, 6.07) is 4.73. The van der Waals surface area contributed by atoms with E-state index < -0.39 is 0 Å². The lowest BCUT2D eigenvalue weighted by Gasteiger charge is -2.40. The highest BCUT2D eigenvalue weighted by atomic mass is 14.7. The molecule has 3 rings (SSSR count). The fourth-order valence-electron chi connectivity index (χ4n) is 4.22. The quantitative estimate of drug-likeness (QED) is 0.879. The fourth-order valence-corrected chi connectivity index (χ4v) is 4.22. The van der Waals surface area contributed by atoms with Crippen LogP contribution in [0.25, 0.3) is 0 Å². The molecule has 0 amide bonds. The molecule has 1 saturated carbocycles. The van der Waals surface area contributed by atoms with Crippen molar-refractivity contribution in [2.75, 3.05) is 0 Å². The number of nitrogens with zero attached hydrogens (tertiary/aromatic N) is 1. The van der Waals surface area contributed by atoms with Crippen LogP contribution in [0, 0.1) is 11.8 Å². The normalized spacial score (nSPS) is 34.8. The minimum absolute atomic E-state index is 0.390. The van der Waals surface area contributed by atoms with Crippen molar-refractivity contribution < 1.29 is 0 Å². The molecule has 1 fully saturated rings. The average molecular weight is 258 g/mol. The average Bonchev–Trinajstić information content (AvgIpc) is 2.47. The van der Waals surface area contributed by atoms with Gasteiger partial charge < -0.3 is 5.73 Å². The first kappa shape index (κ1) is 13.1. The molecule has 0 radical (unpaired) electrons. The third-order valence-corrected chi connectivity index (χ3v) is 5.40. The van der Waals surface area contributed by atoms with Crippen LogP contribution in [0.3, 0.4) is 0 Å². The molecule has 0 aliphatic heterocycles. The van der Waals surface area contributed by atoms with Crippen molar-refractivity contribution in [3.63, 3.8) is 0 Å². The summed E-state index contributed by atoms with van der Waals surface area (Å²) in [4.78, 5) is 4.71. The summed E-state index contributed by atoms with van der Waals surface area (Å²) in [5, 5.41) is 0. The Morgan fingerprint density at radius 1 is 1.32 bits per heavy atom. The zero-order valence-electron chi connectivity index (χ0n) is 12.0. The van der Waals surface area contributed by atoms with Crippen molar-refractivity contribution >= 4 is 0 Å². The van der Waals surface area contributed by atoms with Gasteiger partial charge >= 0.3 is 0 Å². The summed E-state index contributed by atoms with van der Waals surface area (Å²) in [5.74, 6) is 2.17. The first-order valence-electron chi connectivity index (χ1n) is 7.99. The molecule has 19 heavy (non-hydrogen) atoms. The van der Waals surface area contributed by atoms with Crippen molar-refractivity contribution in [1.82, 2.24) is 4.98 Å². The Morgan fingerprint density at radius 3 is 3.05 bits per heavy atom. The Hall–Kier alpha value is -0.890. The molecule has 4 unspecified atom stereocenters. The topological polar surface area (TPSA) is 38.9 Å². The molecule has 1 aromatic rings. The number of pyridine rings is 1. The highest BCUT2D eigenvalue weighted by Gasteiger charge is 2.36. The second kappa shape index (κ2) is 5.62. The van der Waals surface area contributed by atoms with E-state index in [-0.39, 0.29) is 0 Å². The zero-order valence-corrected chi connectivity index (χ0v) is 12.0. The summed E-state index contributed by atoms with van der Waals surface area (Å²) >= 11 is 0. The van der Waals surface area contributed by atoms with Gasteiger partial charge in [-0.25, -0.2) is 0 Å². The number of rotatable bonds is 2. The third kappa shape index (κ3) is 2.55. The smallest absolute Gasteiger partial charge is 0.0469 e. The maximum absolute atomic E-state index is 6.46. The van der Waals surface area contributed by atoms with E-state index in [2.05, 4.69) is 19.1 Å². The number of hydrogen-bond acceptors (Lipinski definition) is 2. The van der Waals surface area contributed by atoms with Gasteiger partial charge in [0.25, 0.3) is 0 Å². The van der Waals surface area contributed by atoms with E-state index in [1.54, 1.807) is 0 Å². The highest BCUT2D eigenvalue weighted by molar-refractivity contribution is 5.27. The van der Waals surface area contributed by atoms with Crippen molar-refractivity contribution in [3.05, 3.63) is 29.6 Å². The van der Waals surface area contributed by atoms with E-state index >= 15 is 0 Å². The van der Waals surface area contributed by atoms with E-state index in [9.17, 15) is 0 Å². The number of nitrogens with two attached hydrogens (primary N) is 1. The summed E-state index contributed by atoms with van der Waals surface area (Å²) in [5.41, 5.74) is 9.30. The number of aryl methyl sites for hydroxylation is 1. The maximum atomic E-state index is 6.46. The highest BCUT2D eigenvalue weighted by Crippen LogP contribution is 2.43. The molecule has 0 saturated heterocycles. The second-order valence-corrected chi connectivity index (χ2v) is 6.46. The molecule has 1 heterocycles. The van der Waals surface area contributed by atoms with Gasteiger partial charge in [0.1, 0.15) is 0 Å². The standard InChI is InChI=1S/C17H26N2/c1-2-12-8-9-16(18)15(11-12)14-7-3-5-13-6-4-10-19-17(13)14/h4,6,10,12,14-16H,2-3,5,7-9,11,18H2,1H3. The molecule has 4 atom stereocenters. The Labute approximate surface area is 116 Å². The van der Waals surface area contributed by atoms with E-state index in [0.29, 0.717) is 17.9 Å². The van der Waals surface area contributed by atoms with Crippen molar-refractivity contribution in [2.24, 2.45) is 17.6 Å². The van der Waals surface area contributed by atoms with Crippen LogP contribution in [0.15, 0.2) is 18.3 Å². The Morgan fingerprint density at radius 2 is 2.21 bits per heavy atom. The largest absolute Gasteiger partial charge is 0.327 e. The van der Waals surface area contributed by atoms with Crippen LogP contribution in [0.2, 0.25) is 0 Å². The number of aromatic nitrogens is 1. The predicted octanol–water partition coefficient (Wildman–Crippen LogP) is 3.66. The lowest BCUT2D eigenvalue weighted by molar-refractivity contribution is 0.186. The van der Waals surface area contributed by atoms with Crippen molar-refractivity contribution in [3.8, 4) is 0 Å². The van der Waals surface area contributed by atoms with E-state index in [1.165, 1.54) is 56.2 Å². The second-order valence-electron chi connectivity index (χ2n) is 6.46. The van der Waals surface area contributed by atoms with E-state index in [4.69, 9.17) is 10.7 Å². The molecule has 2 aliphatic carbocycles. The van der Waals surface area contributed by atoms with Gasteiger partial charge in [0.2, 0.25) is 0 Å². The van der Waals surface area contributed by atoms with Gasteiger partial charge in [0.05, 0.1) is 0 Å². The van der Waals surface area contributed by atoms with Crippen LogP contribution in [-0.2, 0) is 6.42 Å². The summed E-state index contributed by atoms with van der Waals surface area (Å²) < 4.78 is 0. The van der Waals surface area contributed by atoms with Gasteiger partial charge in [-0.1, -0.05) is 19.4 Å². The molecular weight excluding hydrogens is 232 g/mol. The molecule has 0 bridgehead atoms. The Balaban J connectivity index is 1.85. The minimum atomic E-state index is 0.390. The van der Waals surface area contributed by atoms with Gasteiger partial charge in [-0.05, 0) is 62.0 Å². The lowest BCUT2D eigenvalue weighted by Crippen LogP contribution is -2.40. The van der Waals surface area contributed by atoms with Crippen molar-refractivity contribution in [1.29, 1.82) is 0 Å². The summed E-state index contributed by atoms with van der Waals surface area (Å²) in [6.45, 7) is 2.33. The molecular formula is C17H26N2. The first-order chi connectivity index (χ1) is 9.29. The predicted molar refractivity (Wildman–Crippen MR) is 79.0 cm³/mol. The zero-order chi connectivity index (χ0) is 13.2. The Kier molecular flexibility index (Phi) is 3.88. The molecule has 2 N–H and O–H groups in total. The fraction of sp³-hybridized carbons (Fsp3) is 0.706. The number of fused-ring (bicyclic) bond motifs is 1. The van der Waals surface area contributed by atoms with Gasteiger partial charge in [-0.2, -0.15) is 0 Å². The van der Waals surface area contributed by atoms with Gasteiger partial charge in [0, 0.05) is 23.9 Å². The maximum Gasteiger partial charge on any atom is 0.0469 e. The molecule has 0 aromatic carbocycles. The number of hydrogen-bond donors (Lipinski definition) is 1. The lowest BCUT2D eigenvalue weighted by atomic mass is 9.67. The SMILES string of the molecule is CCC1CCC(N)C(C2CCCc3cccnc32)C1. The van der Waals surface area contributed by atoms with Crippen LogP contribution in [0.1, 0.15) is 62.6 Å². The molecule has 2 heteroatoms. The van der Waals surface area contributed by atoms with Crippen LogP contribution in [0.4, 0.5) is 0 Å². The minimum Gasteiger partial charge on any atom is -0.327 e. The van der Waals surface area contributed by atoms with Crippen molar-refractivity contribution in [2.45, 2.75) is 63.8 Å². The first-order valence-corrected chi connectivity index (χ1v) is 7.99. The Bertz CT molecular complexity index is 429. The molecule has 0 spiro atoms. The molecule has 2 aliphatic rings. The summed E-state index contributed by atoms with van der Waals surface area (Å²) in [7, 11) is 0.